The highest BCUT2D eigenvalue weighted by Gasteiger charge is 2.26. The molecule has 6 nitrogen and oxygen atoms in total. The number of oxazole rings is 1. The predicted octanol–water partition coefficient (Wildman–Crippen LogP) is 2.10. The van der Waals surface area contributed by atoms with Crippen molar-refractivity contribution in [3.63, 3.8) is 0 Å². The lowest BCUT2D eigenvalue weighted by Gasteiger charge is -2.35. The minimum absolute atomic E-state index is 0.0170. The van der Waals surface area contributed by atoms with Crippen LogP contribution in [0.15, 0.2) is 41.0 Å². The molecule has 0 spiro atoms. The molecule has 2 aliphatic rings. The van der Waals surface area contributed by atoms with Gasteiger partial charge in [-0.3, -0.25) is 4.79 Å². The molecule has 2 saturated heterocycles. The van der Waals surface area contributed by atoms with Gasteiger partial charge in [-0.15, -0.1) is 0 Å². The third kappa shape index (κ3) is 3.54. The summed E-state index contributed by atoms with van der Waals surface area (Å²) in [5.74, 6) is 1.03. The largest absolute Gasteiger partial charge is 0.448 e. The van der Waals surface area contributed by atoms with E-state index in [0.717, 1.165) is 39.0 Å². The lowest BCUT2D eigenvalue weighted by atomic mass is 9.98. The molecule has 132 valence electrons. The summed E-state index contributed by atoms with van der Waals surface area (Å²) in [6, 6.07) is 10.3. The van der Waals surface area contributed by atoms with Crippen LogP contribution in [0.5, 0.6) is 0 Å². The summed E-state index contributed by atoms with van der Waals surface area (Å²) >= 11 is 0. The van der Waals surface area contributed by atoms with Crippen LogP contribution >= 0.6 is 0 Å². The van der Waals surface area contributed by atoms with E-state index in [1.54, 1.807) is 0 Å². The van der Waals surface area contributed by atoms with E-state index in [1.165, 1.54) is 12.0 Å². The van der Waals surface area contributed by atoms with Crippen molar-refractivity contribution in [1.82, 2.24) is 15.2 Å². The molecular weight excluding hydrogens is 316 g/mol. The third-order valence-corrected chi connectivity index (χ3v) is 5.12. The zero-order valence-corrected chi connectivity index (χ0v) is 14.4. The Kier molecular flexibility index (Phi) is 4.70. The average molecular weight is 340 g/mol. The molecule has 1 aromatic carbocycles. The highest BCUT2D eigenvalue weighted by Crippen LogP contribution is 2.25. The van der Waals surface area contributed by atoms with Gasteiger partial charge in [-0.05, 0) is 38.1 Å². The van der Waals surface area contributed by atoms with E-state index < -0.39 is 0 Å². The lowest BCUT2D eigenvalue weighted by molar-refractivity contribution is 0.0740. The number of anilines is 1. The number of piperazine rings is 1. The van der Waals surface area contributed by atoms with E-state index in [0.29, 0.717) is 30.6 Å². The number of nitrogens with zero attached hydrogens (tertiary/aromatic N) is 3. The van der Waals surface area contributed by atoms with Gasteiger partial charge in [-0.25, -0.2) is 4.98 Å². The molecule has 25 heavy (non-hydrogen) atoms. The number of amides is 1. The van der Waals surface area contributed by atoms with Gasteiger partial charge in [0.25, 0.3) is 5.91 Å². The summed E-state index contributed by atoms with van der Waals surface area (Å²) in [6.07, 6.45) is 3.57. The number of aromatic nitrogens is 1. The van der Waals surface area contributed by atoms with Crippen LogP contribution in [0, 0.1) is 0 Å². The first-order valence-corrected chi connectivity index (χ1v) is 9.06. The molecule has 2 aliphatic heterocycles. The summed E-state index contributed by atoms with van der Waals surface area (Å²) in [4.78, 5) is 21.4. The van der Waals surface area contributed by atoms with Crippen LogP contribution in [0.4, 0.5) is 5.69 Å². The molecule has 2 aromatic rings. The number of para-hydroxylation sites is 1. The summed E-state index contributed by atoms with van der Waals surface area (Å²) < 4.78 is 5.61. The molecule has 2 fully saturated rings. The quantitative estimate of drug-likeness (QED) is 0.927. The number of hydrogen-bond acceptors (Lipinski definition) is 5. The summed E-state index contributed by atoms with van der Waals surface area (Å²) in [6.45, 7) is 5.07. The van der Waals surface area contributed by atoms with Crippen LogP contribution in [0.3, 0.4) is 0 Å². The molecule has 0 unspecified atom stereocenters. The fraction of sp³-hybridized carbons (Fsp3) is 0.474. The van der Waals surface area contributed by atoms with Crippen LogP contribution in [0.1, 0.15) is 35.1 Å². The van der Waals surface area contributed by atoms with Gasteiger partial charge in [0.2, 0.25) is 0 Å². The van der Waals surface area contributed by atoms with Crippen molar-refractivity contribution in [1.29, 1.82) is 0 Å². The molecule has 0 bridgehead atoms. The van der Waals surface area contributed by atoms with Gasteiger partial charge in [0, 0.05) is 37.8 Å². The Morgan fingerprint density at radius 1 is 1.08 bits per heavy atom. The van der Waals surface area contributed by atoms with Gasteiger partial charge >= 0.3 is 0 Å². The monoisotopic (exact) mass is 340 g/mol. The number of carbonyl (C=O) groups excluding carboxylic acids is 1. The van der Waals surface area contributed by atoms with Crippen LogP contribution < -0.4 is 10.2 Å². The molecule has 0 saturated carbocycles. The molecule has 1 N–H and O–H groups in total. The summed E-state index contributed by atoms with van der Waals surface area (Å²) in [5.41, 5.74) is 1.66. The maximum absolute atomic E-state index is 12.7. The van der Waals surface area contributed by atoms with Gasteiger partial charge in [0.15, 0.2) is 11.6 Å². The van der Waals surface area contributed by atoms with Crippen molar-refractivity contribution in [2.24, 2.45) is 0 Å². The van der Waals surface area contributed by atoms with E-state index in [9.17, 15) is 4.79 Å². The van der Waals surface area contributed by atoms with Crippen molar-refractivity contribution < 1.29 is 9.21 Å². The van der Waals surface area contributed by atoms with Gasteiger partial charge in [0.05, 0.1) is 0 Å². The number of nitrogens with one attached hydrogen (secondary N) is 1. The zero-order valence-electron chi connectivity index (χ0n) is 14.4. The molecule has 6 heteroatoms. The average Bonchev–Trinajstić information content (AvgIpc) is 3.19. The van der Waals surface area contributed by atoms with Crippen molar-refractivity contribution >= 4 is 11.6 Å². The molecule has 0 atom stereocenters. The Morgan fingerprint density at radius 3 is 2.52 bits per heavy atom. The normalized spacial score (nSPS) is 19.2. The van der Waals surface area contributed by atoms with E-state index in [2.05, 4.69) is 27.3 Å². The molecular formula is C19H24N4O2. The number of benzene rings is 1. The van der Waals surface area contributed by atoms with Gasteiger partial charge in [-0.2, -0.15) is 0 Å². The van der Waals surface area contributed by atoms with Gasteiger partial charge in [0.1, 0.15) is 6.26 Å². The van der Waals surface area contributed by atoms with Crippen LogP contribution in [0.25, 0.3) is 0 Å². The maximum Gasteiger partial charge on any atom is 0.275 e. The van der Waals surface area contributed by atoms with Gasteiger partial charge in [-0.1, -0.05) is 18.2 Å². The molecule has 3 heterocycles. The number of carbonyl (C=O) groups is 1. The first-order chi connectivity index (χ1) is 12.3. The molecule has 1 amide bonds. The van der Waals surface area contributed by atoms with Crippen molar-refractivity contribution in [2.75, 3.05) is 44.2 Å². The topological polar surface area (TPSA) is 61.6 Å². The van der Waals surface area contributed by atoms with Crippen LogP contribution in [-0.4, -0.2) is 55.1 Å². The Hall–Kier alpha value is -2.34. The third-order valence-electron chi connectivity index (χ3n) is 5.12. The fourth-order valence-electron chi connectivity index (χ4n) is 3.61. The maximum atomic E-state index is 12.7. The van der Waals surface area contributed by atoms with E-state index >= 15 is 0 Å². The second kappa shape index (κ2) is 7.27. The Labute approximate surface area is 147 Å². The second-order valence-electron chi connectivity index (χ2n) is 6.71. The fourth-order valence-corrected chi connectivity index (χ4v) is 3.61. The predicted molar refractivity (Wildman–Crippen MR) is 95.9 cm³/mol. The molecule has 0 aliphatic carbocycles. The second-order valence-corrected chi connectivity index (χ2v) is 6.71. The Balaban J connectivity index is 1.37. The van der Waals surface area contributed by atoms with Gasteiger partial charge < -0.3 is 19.5 Å². The SMILES string of the molecule is O=C(c1coc(C2CCNCC2)n1)N1CCN(c2ccccc2)CC1. The first-order valence-electron chi connectivity index (χ1n) is 9.06. The smallest absolute Gasteiger partial charge is 0.275 e. The highest BCUT2D eigenvalue weighted by molar-refractivity contribution is 5.92. The number of rotatable bonds is 3. The molecule has 1 aromatic heterocycles. The number of hydrogen-bond donors (Lipinski definition) is 1. The van der Waals surface area contributed by atoms with Crippen LogP contribution in [-0.2, 0) is 0 Å². The zero-order chi connectivity index (χ0) is 17.1. The van der Waals surface area contributed by atoms with E-state index in [1.807, 2.05) is 23.1 Å². The summed E-state index contributed by atoms with van der Waals surface area (Å²) in [5, 5.41) is 3.33. The lowest BCUT2D eigenvalue weighted by Crippen LogP contribution is -2.48. The van der Waals surface area contributed by atoms with E-state index in [4.69, 9.17) is 4.42 Å². The Bertz CT molecular complexity index is 701. The first kappa shape index (κ1) is 16.1. The van der Waals surface area contributed by atoms with E-state index in [-0.39, 0.29) is 5.91 Å². The molecule has 0 radical (unpaired) electrons. The van der Waals surface area contributed by atoms with Crippen molar-refractivity contribution in [3.8, 4) is 0 Å². The highest BCUT2D eigenvalue weighted by atomic mass is 16.3. The molecule has 4 rings (SSSR count). The van der Waals surface area contributed by atoms with Crippen molar-refractivity contribution in [3.05, 3.63) is 48.2 Å². The van der Waals surface area contributed by atoms with Crippen molar-refractivity contribution in [2.45, 2.75) is 18.8 Å². The standard InChI is InChI=1S/C19H24N4O2/c24-19(17-14-25-18(21-17)15-6-8-20-9-7-15)23-12-10-22(11-13-23)16-4-2-1-3-5-16/h1-5,14-15,20H,6-13H2. The minimum atomic E-state index is -0.0170. The summed E-state index contributed by atoms with van der Waals surface area (Å²) in [7, 11) is 0. The van der Waals surface area contributed by atoms with Crippen LogP contribution in [0.2, 0.25) is 0 Å². The number of piperidine rings is 1. The Morgan fingerprint density at radius 2 is 1.80 bits per heavy atom. The minimum Gasteiger partial charge on any atom is -0.448 e.